The number of aliphatic hydroxyl groups excluding tert-OH is 1. The molecule has 0 bridgehead atoms. The van der Waals surface area contributed by atoms with E-state index in [4.69, 9.17) is 14.6 Å². The van der Waals surface area contributed by atoms with Gasteiger partial charge in [-0.2, -0.15) is 0 Å². The molecule has 1 heterocycles. The zero-order chi connectivity index (χ0) is 13.4. The molecule has 2 N–H and O–H groups in total. The van der Waals surface area contributed by atoms with Crippen LogP contribution in [0.2, 0.25) is 0 Å². The molecule has 106 valence electrons. The average molecular weight is 260 g/mol. The van der Waals surface area contributed by atoms with Crippen LogP contribution in [0.1, 0.15) is 6.92 Å². The van der Waals surface area contributed by atoms with E-state index in [-0.39, 0.29) is 24.5 Å². The molecule has 1 aliphatic heterocycles. The Bertz CT molecular complexity index is 250. The number of nitrogens with zero attached hydrogens (tertiary/aromatic N) is 1. The molecule has 0 saturated carbocycles. The highest BCUT2D eigenvalue weighted by Crippen LogP contribution is 2.16. The molecule has 0 radical (unpaired) electrons. The van der Waals surface area contributed by atoms with Crippen molar-refractivity contribution in [2.24, 2.45) is 5.92 Å². The van der Waals surface area contributed by atoms with E-state index in [1.165, 1.54) is 0 Å². The number of hydrogen-bond acceptors (Lipinski definition) is 5. The summed E-state index contributed by atoms with van der Waals surface area (Å²) in [6, 6.07) is 0.0752. The van der Waals surface area contributed by atoms with Crippen LogP contribution in [-0.2, 0) is 14.3 Å². The Morgan fingerprint density at radius 1 is 1.50 bits per heavy atom. The summed E-state index contributed by atoms with van der Waals surface area (Å²) in [6.07, 6.45) is 0. The molecule has 1 amide bonds. The van der Waals surface area contributed by atoms with Gasteiger partial charge in [-0.3, -0.25) is 4.79 Å². The van der Waals surface area contributed by atoms with Crippen molar-refractivity contribution in [1.82, 2.24) is 10.2 Å². The molecule has 2 atom stereocenters. The first kappa shape index (κ1) is 15.4. The van der Waals surface area contributed by atoms with Crippen LogP contribution in [0.4, 0.5) is 0 Å². The van der Waals surface area contributed by atoms with Crippen LogP contribution >= 0.6 is 0 Å². The molecule has 1 fully saturated rings. The Kier molecular flexibility index (Phi) is 7.19. The van der Waals surface area contributed by atoms with E-state index in [2.05, 4.69) is 5.32 Å². The van der Waals surface area contributed by atoms with Crippen molar-refractivity contribution < 1.29 is 19.4 Å². The Hall–Kier alpha value is -0.690. The lowest BCUT2D eigenvalue weighted by Gasteiger charge is -2.27. The largest absolute Gasteiger partial charge is 0.395 e. The lowest BCUT2D eigenvalue weighted by molar-refractivity contribution is -0.137. The highest BCUT2D eigenvalue weighted by atomic mass is 16.5. The zero-order valence-electron chi connectivity index (χ0n) is 11.2. The van der Waals surface area contributed by atoms with E-state index in [1.54, 1.807) is 12.0 Å². The highest BCUT2D eigenvalue weighted by molar-refractivity contribution is 5.80. The van der Waals surface area contributed by atoms with Gasteiger partial charge in [-0.1, -0.05) is 6.92 Å². The number of hydrogen-bond donors (Lipinski definition) is 2. The molecular formula is C12H24N2O4. The maximum absolute atomic E-state index is 12.4. The van der Waals surface area contributed by atoms with Crippen molar-refractivity contribution in [2.75, 3.05) is 53.2 Å². The predicted molar refractivity (Wildman–Crippen MR) is 67.3 cm³/mol. The topological polar surface area (TPSA) is 71.0 Å². The van der Waals surface area contributed by atoms with Crippen LogP contribution in [0.3, 0.4) is 0 Å². The van der Waals surface area contributed by atoms with Crippen molar-refractivity contribution in [3.05, 3.63) is 0 Å². The van der Waals surface area contributed by atoms with Crippen molar-refractivity contribution in [1.29, 1.82) is 0 Å². The summed E-state index contributed by atoms with van der Waals surface area (Å²) in [5.41, 5.74) is 0. The van der Waals surface area contributed by atoms with E-state index >= 15 is 0 Å². The highest BCUT2D eigenvalue weighted by Gasteiger charge is 2.35. The van der Waals surface area contributed by atoms with Gasteiger partial charge in [-0.05, 0) is 6.54 Å². The minimum absolute atomic E-state index is 0.0320. The number of aliphatic hydroxyl groups is 1. The Balaban J connectivity index is 2.57. The molecule has 18 heavy (non-hydrogen) atoms. The number of amides is 1. The lowest BCUT2D eigenvalue weighted by Crippen LogP contribution is -2.47. The fourth-order valence-corrected chi connectivity index (χ4v) is 2.15. The summed E-state index contributed by atoms with van der Waals surface area (Å²) < 4.78 is 10.4. The van der Waals surface area contributed by atoms with Crippen molar-refractivity contribution in [2.45, 2.75) is 13.0 Å². The van der Waals surface area contributed by atoms with E-state index in [9.17, 15) is 4.79 Å². The maximum Gasteiger partial charge on any atom is 0.229 e. The molecule has 0 aliphatic carbocycles. The molecule has 1 saturated heterocycles. The van der Waals surface area contributed by atoms with Crippen molar-refractivity contribution in [3.8, 4) is 0 Å². The second-order valence-corrected chi connectivity index (χ2v) is 4.35. The molecule has 6 heteroatoms. The summed E-state index contributed by atoms with van der Waals surface area (Å²) in [5, 5.41) is 12.3. The average Bonchev–Trinajstić information content (AvgIpc) is 2.82. The van der Waals surface area contributed by atoms with Gasteiger partial charge in [0.25, 0.3) is 0 Å². The van der Waals surface area contributed by atoms with Gasteiger partial charge >= 0.3 is 0 Å². The SMILES string of the molecule is CCNC1COCC1C(=O)N(CCO)CCOC. The third kappa shape index (κ3) is 4.20. The van der Waals surface area contributed by atoms with Gasteiger partial charge in [-0.25, -0.2) is 0 Å². The molecule has 0 aromatic rings. The quantitative estimate of drug-likeness (QED) is 0.590. The third-order valence-electron chi connectivity index (χ3n) is 3.11. The molecule has 0 spiro atoms. The summed E-state index contributed by atoms with van der Waals surface area (Å²) in [6.45, 7) is 5.14. The first-order valence-electron chi connectivity index (χ1n) is 6.44. The van der Waals surface area contributed by atoms with E-state index in [0.29, 0.717) is 32.9 Å². The summed E-state index contributed by atoms with van der Waals surface area (Å²) in [4.78, 5) is 14.0. The van der Waals surface area contributed by atoms with E-state index in [0.717, 1.165) is 6.54 Å². The van der Waals surface area contributed by atoms with Gasteiger partial charge < -0.3 is 24.8 Å². The number of methoxy groups -OCH3 is 1. The Labute approximate surface area is 108 Å². The molecule has 1 aliphatic rings. The van der Waals surface area contributed by atoms with Crippen molar-refractivity contribution in [3.63, 3.8) is 0 Å². The molecule has 2 unspecified atom stereocenters. The maximum atomic E-state index is 12.4. The van der Waals surface area contributed by atoms with Gasteiger partial charge in [0.2, 0.25) is 5.91 Å². The zero-order valence-corrected chi connectivity index (χ0v) is 11.2. The van der Waals surface area contributed by atoms with Gasteiger partial charge in [0.05, 0.1) is 32.3 Å². The standard InChI is InChI=1S/C12H24N2O4/c1-3-13-11-9-18-8-10(11)12(16)14(4-6-15)5-7-17-2/h10-11,13,15H,3-9H2,1-2H3. The van der Waals surface area contributed by atoms with Gasteiger partial charge in [0.15, 0.2) is 0 Å². The number of carbonyl (C=O) groups is 1. The van der Waals surface area contributed by atoms with Crippen LogP contribution in [0.25, 0.3) is 0 Å². The number of ether oxygens (including phenoxy) is 2. The van der Waals surface area contributed by atoms with Gasteiger partial charge in [0.1, 0.15) is 0 Å². The number of nitrogens with one attached hydrogen (secondary N) is 1. The second kappa shape index (κ2) is 8.42. The normalized spacial score (nSPS) is 23.3. The lowest BCUT2D eigenvalue weighted by atomic mass is 10.0. The van der Waals surface area contributed by atoms with Crippen LogP contribution in [0.15, 0.2) is 0 Å². The smallest absolute Gasteiger partial charge is 0.229 e. The molecule has 1 rings (SSSR count). The monoisotopic (exact) mass is 260 g/mol. The van der Waals surface area contributed by atoms with Crippen LogP contribution in [-0.4, -0.2) is 75.1 Å². The molecule has 6 nitrogen and oxygen atoms in total. The minimum atomic E-state index is -0.159. The summed E-state index contributed by atoms with van der Waals surface area (Å²) in [5.74, 6) is -0.127. The first-order valence-corrected chi connectivity index (χ1v) is 6.44. The van der Waals surface area contributed by atoms with E-state index in [1.807, 2.05) is 6.92 Å². The summed E-state index contributed by atoms with van der Waals surface area (Å²) in [7, 11) is 1.60. The van der Waals surface area contributed by atoms with Crippen LogP contribution in [0, 0.1) is 5.92 Å². The third-order valence-corrected chi connectivity index (χ3v) is 3.11. The van der Waals surface area contributed by atoms with Gasteiger partial charge in [-0.15, -0.1) is 0 Å². The van der Waals surface area contributed by atoms with Crippen LogP contribution < -0.4 is 5.32 Å². The minimum Gasteiger partial charge on any atom is -0.395 e. The van der Waals surface area contributed by atoms with E-state index < -0.39 is 0 Å². The summed E-state index contributed by atoms with van der Waals surface area (Å²) >= 11 is 0. The first-order chi connectivity index (χ1) is 8.74. The number of rotatable bonds is 8. The van der Waals surface area contributed by atoms with Gasteiger partial charge in [0, 0.05) is 26.2 Å². The Morgan fingerprint density at radius 2 is 2.28 bits per heavy atom. The fraction of sp³-hybridized carbons (Fsp3) is 0.917. The fourth-order valence-electron chi connectivity index (χ4n) is 2.15. The van der Waals surface area contributed by atoms with Crippen LogP contribution in [0.5, 0.6) is 0 Å². The number of likely N-dealkylation sites (N-methyl/N-ethyl adjacent to an activating group) is 1. The second-order valence-electron chi connectivity index (χ2n) is 4.35. The molecular weight excluding hydrogens is 236 g/mol. The van der Waals surface area contributed by atoms with Crippen molar-refractivity contribution >= 4 is 5.91 Å². The molecule has 0 aromatic heterocycles. The molecule has 0 aromatic carbocycles. The predicted octanol–water partition coefficient (Wildman–Crippen LogP) is -0.922. The Morgan fingerprint density at radius 3 is 2.89 bits per heavy atom. The number of carbonyl (C=O) groups excluding carboxylic acids is 1.